The molecule has 0 aliphatic heterocycles. The number of hydrogen-bond acceptors (Lipinski definition) is 4. The van der Waals surface area contributed by atoms with Gasteiger partial charge < -0.3 is 5.73 Å². The molecular weight excluding hydrogens is 233 g/mol. The molecule has 0 bridgehead atoms. The van der Waals surface area contributed by atoms with Crippen molar-refractivity contribution in [1.82, 2.24) is 9.84 Å². The molecular formula is C9H14FN3O2S. The molecule has 0 fully saturated rings. The minimum atomic E-state index is -3.77. The second-order valence-corrected chi connectivity index (χ2v) is 5.07. The van der Waals surface area contributed by atoms with E-state index in [2.05, 4.69) is 4.83 Å². The summed E-state index contributed by atoms with van der Waals surface area (Å²) in [6.45, 7) is 0.0317. The maximum Gasteiger partial charge on any atom is 0.253 e. The van der Waals surface area contributed by atoms with Gasteiger partial charge in [-0.15, -0.1) is 4.83 Å². The van der Waals surface area contributed by atoms with Crippen molar-refractivity contribution in [2.45, 2.75) is 11.4 Å². The van der Waals surface area contributed by atoms with Gasteiger partial charge in [-0.3, -0.25) is 0 Å². The summed E-state index contributed by atoms with van der Waals surface area (Å²) in [5.41, 5.74) is 5.77. The predicted molar refractivity (Wildman–Crippen MR) is 58.3 cm³/mol. The number of hydrogen-bond donors (Lipinski definition) is 2. The van der Waals surface area contributed by atoms with Crippen LogP contribution in [0.5, 0.6) is 0 Å². The zero-order valence-electron chi connectivity index (χ0n) is 9.07. The van der Waals surface area contributed by atoms with Crippen LogP contribution < -0.4 is 10.6 Å². The first-order valence-corrected chi connectivity index (χ1v) is 6.03. The van der Waals surface area contributed by atoms with Gasteiger partial charge in [-0.1, -0.05) is 6.07 Å². The predicted octanol–water partition coefficient (Wildman–Crippen LogP) is 0.0393. The number of hydrazine groups is 1. The number of nitrogens with zero attached hydrogens (tertiary/aromatic N) is 1. The van der Waals surface area contributed by atoms with Crippen LogP contribution in [0.25, 0.3) is 0 Å². The van der Waals surface area contributed by atoms with Crippen LogP contribution in [0.4, 0.5) is 4.39 Å². The van der Waals surface area contributed by atoms with Crippen LogP contribution >= 0.6 is 0 Å². The highest BCUT2D eigenvalue weighted by Gasteiger charge is 2.19. The minimum absolute atomic E-state index is 0.0317. The van der Waals surface area contributed by atoms with Crippen LogP contribution in [0.15, 0.2) is 23.1 Å². The van der Waals surface area contributed by atoms with Crippen molar-refractivity contribution in [2.24, 2.45) is 5.73 Å². The fraction of sp³-hybridized carbons (Fsp3) is 0.333. The number of benzene rings is 1. The summed E-state index contributed by atoms with van der Waals surface area (Å²) in [7, 11) is -0.715. The second-order valence-electron chi connectivity index (χ2n) is 3.45. The molecule has 0 atom stereocenters. The molecule has 0 aliphatic rings. The Morgan fingerprint density at radius 1 is 1.44 bits per heavy atom. The number of sulfonamides is 1. The van der Waals surface area contributed by atoms with Crippen molar-refractivity contribution in [1.29, 1.82) is 0 Å². The lowest BCUT2D eigenvalue weighted by Gasteiger charge is -2.14. The SMILES string of the molecule is CN(C)NS(=O)(=O)c1cc(F)ccc1CN. The average molecular weight is 247 g/mol. The van der Waals surface area contributed by atoms with Crippen LogP contribution in [0.2, 0.25) is 0 Å². The fourth-order valence-corrected chi connectivity index (χ4v) is 2.58. The van der Waals surface area contributed by atoms with Gasteiger partial charge in [0.05, 0.1) is 4.90 Å². The molecule has 0 saturated carbocycles. The first-order valence-electron chi connectivity index (χ1n) is 4.55. The third-order valence-electron chi connectivity index (χ3n) is 1.84. The summed E-state index contributed by atoms with van der Waals surface area (Å²) in [5.74, 6) is -0.615. The summed E-state index contributed by atoms with van der Waals surface area (Å²) >= 11 is 0. The van der Waals surface area contributed by atoms with Gasteiger partial charge in [0, 0.05) is 20.6 Å². The molecule has 1 aromatic carbocycles. The Balaban J connectivity index is 3.25. The molecule has 0 radical (unpaired) electrons. The monoisotopic (exact) mass is 247 g/mol. The Kier molecular flexibility index (Phi) is 3.98. The van der Waals surface area contributed by atoms with Crippen molar-refractivity contribution in [3.05, 3.63) is 29.6 Å². The molecule has 16 heavy (non-hydrogen) atoms. The van der Waals surface area contributed by atoms with Crippen molar-refractivity contribution in [2.75, 3.05) is 14.1 Å². The van der Waals surface area contributed by atoms with E-state index in [1.807, 2.05) is 0 Å². The summed E-state index contributed by atoms with van der Waals surface area (Å²) < 4.78 is 36.6. The van der Waals surface area contributed by atoms with E-state index in [0.29, 0.717) is 5.56 Å². The van der Waals surface area contributed by atoms with Crippen molar-refractivity contribution in [3.63, 3.8) is 0 Å². The Hall–Kier alpha value is -1.02. The quantitative estimate of drug-likeness (QED) is 0.737. The van der Waals surface area contributed by atoms with Gasteiger partial charge in [-0.25, -0.2) is 17.8 Å². The maximum absolute atomic E-state index is 13.0. The molecule has 0 amide bonds. The standard InChI is InChI=1S/C9H14FN3O2S/c1-13(2)12-16(14,15)9-5-8(10)4-3-7(9)6-11/h3-5,12H,6,11H2,1-2H3. The molecule has 3 N–H and O–H groups in total. The molecule has 0 aromatic heterocycles. The van der Waals surface area contributed by atoms with E-state index >= 15 is 0 Å². The molecule has 0 unspecified atom stereocenters. The Bertz CT molecular complexity index is 474. The van der Waals surface area contributed by atoms with Gasteiger partial charge in [-0.2, -0.15) is 0 Å². The third kappa shape index (κ3) is 2.99. The van der Waals surface area contributed by atoms with E-state index in [0.717, 1.165) is 6.07 Å². The van der Waals surface area contributed by atoms with Gasteiger partial charge >= 0.3 is 0 Å². The molecule has 0 spiro atoms. The fourth-order valence-electron chi connectivity index (χ4n) is 1.24. The largest absolute Gasteiger partial charge is 0.326 e. The van der Waals surface area contributed by atoms with Crippen LogP contribution in [0.1, 0.15) is 5.56 Å². The zero-order chi connectivity index (χ0) is 12.3. The van der Waals surface area contributed by atoms with Crippen LogP contribution in [-0.2, 0) is 16.6 Å². The normalized spacial score (nSPS) is 12.1. The minimum Gasteiger partial charge on any atom is -0.326 e. The van der Waals surface area contributed by atoms with Gasteiger partial charge in [-0.05, 0) is 17.7 Å². The van der Waals surface area contributed by atoms with Crippen LogP contribution in [0.3, 0.4) is 0 Å². The Morgan fingerprint density at radius 3 is 2.56 bits per heavy atom. The van der Waals surface area contributed by atoms with Gasteiger partial charge in [0.15, 0.2) is 0 Å². The van der Waals surface area contributed by atoms with E-state index in [-0.39, 0.29) is 11.4 Å². The smallest absolute Gasteiger partial charge is 0.253 e. The van der Waals surface area contributed by atoms with E-state index in [1.54, 1.807) is 0 Å². The summed E-state index contributed by atoms with van der Waals surface area (Å²) in [5, 5.41) is 1.26. The van der Waals surface area contributed by atoms with Crippen LogP contribution in [-0.4, -0.2) is 27.5 Å². The Morgan fingerprint density at radius 2 is 2.06 bits per heavy atom. The number of nitrogens with two attached hydrogens (primary N) is 1. The number of nitrogens with one attached hydrogen (secondary N) is 1. The molecule has 7 heteroatoms. The van der Waals surface area contributed by atoms with E-state index in [4.69, 9.17) is 5.73 Å². The molecule has 5 nitrogen and oxygen atoms in total. The van der Waals surface area contributed by atoms with Crippen molar-refractivity contribution in [3.8, 4) is 0 Å². The molecule has 90 valence electrons. The topological polar surface area (TPSA) is 75.4 Å². The summed E-state index contributed by atoms with van der Waals surface area (Å²) in [6.07, 6.45) is 0. The second kappa shape index (κ2) is 4.88. The van der Waals surface area contributed by atoms with Crippen molar-refractivity contribution < 1.29 is 12.8 Å². The first kappa shape index (κ1) is 13.0. The zero-order valence-corrected chi connectivity index (χ0v) is 9.88. The highest BCUT2D eigenvalue weighted by molar-refractivity contribution is 7.89. The molecule has 1 rings (SSSR count). The Labute approximate surface area is 94.1 Å². The lowest BCUT2D eigenvalue weighted by Crippen LogP contribution is -2.36. The number of rotatable bonds is 4. The molecule has 0 heterocycles. The number of halogens is 1. The van der Waals surface area contributed by atoms with E-state index in [1.165, 1.54) is 31.2 Å². The van der Waals surface area contributed by atoms with Gasteiger partial charge in [0.1, 0.15) is 5.82 Å². The third-order valence-corrected chi connectivity index (χ3v) is 3.41. The van der Waals surface area contributed by atoms with E-state index in [9.17, 15) is 12.8 Å². The molecule has 0 saturated heterocycles. The summed E-state index contributed by atoms with van der Waals surface area (Å²) in [4.78, 5) is 2.09. The average Bonchev–Trinajstić information content (AvgIpc) is 2.15. The van der Waals surface area contributed by atoms with Gasteiger partial charge in [0.2, 0.25) is 0 Å². The maximum atomic E-state index is 13.0. The highest BCUT2D eigenvalue weighted by Crippen LogP contribution is 2.16. The lowest BCUT2D eigenvalue weighted by molar-refractivity contribution is 0.363. The van der Waals surface area contributed by atoms with Crippen LogP contribution in [0, 0.1) is 5.82 Å². The molecule has 0 aliphatic carbocycles. The lowest BCUT2D eigenvalue weighted by atomic mass is 10.2. The van der Waals surface area contributed by atoms with E-state index < -0.39 is 15.8 Å². The van der Waals surface area contributed by atoms with Crippen molar-refractivity contribution >= 4 is 10.0 Å². The highest BCUT2D eigenvalue weighted by atomic mass is 32.2. The summed E-state index contributed by atoms with van der Waals surface area (Å²) in [6, 6.07) is 3.49. The van der Waals surface area contributed by atoms with Gasteiger partial charge in [0.25, 0.3) is 10.0 Å². The first-order chi connectivity index (χ1) is 7.36. The molecule has 1 aromatic rings.